The van der Waals surface area contributed by atoms with Gasteiger partial charge in [-0.3, -0.25) is 9.36 Å². The second kappa shape index (κ2) is 10.5. The fourth-order valence-corrected chi connectivity index (χ4v) is 7.89. The maximum absolute atomic E-state index is 10.1. The Hall–Kier alpha value is -4.59. The third kappa shape index (κ3) is 4.30. The molecule has 4 heterocycles. The molecule has 0 saturated carbocycles. The Morgan fingerprint density at radius 1 is 0.773 bits per heavy atom. The van der Waals surface area contributed by atoms with Crippen molar-refractivity contribution in [2.75, 3.05) is 0 Å². The van der Waals surface area contributed by atoms with Gasteiger partial charge in [0.25, 0.3) is 0 Å². The molecule has 0 radical (unpaired) electrons. The molecule has 0 aliphatic carbocycles. The number of hydrogen-bond donors (Lipinski definition) is 0. The maximum Gasteiger partial charge on any atom is 2.00 e. The molecule has 6 nitrogen and oxygen atoms in total. The monoisotopic (exact) mass is 783 g/mol. The molecule has 44 heavy (non-hydrogen) atoms. The number of benzene rings is 4. The normalized spacial score (nSPS) is 11.6. The molecular formula is C35H20N6PtS2. The van der Waals surface area contributed by atoms with Gasteiger partial charge in [0, 0.05) is 27.2 Å². The summed E-state index contributed by atoms with van der Waals surface area (Å²) in [6, 6.07) is 33.8. The van der Waals surface area contributed by atoms with Gasteiger partial charge in [0.15, 0.2) is 0 Å². The molecule has 0 N–H and O–H groups in total. The fourth-order valence-electron chi connectivity index (χ4n) is 5.75. The van der Waals surface area contributed by atoms with Crippen LogP contribution in [0.5, 0.6) is 0 Å². The van der Waals surface area contributed by atoms with Crippen molar-refractivity contribution in [1.82, 2.24) is 19.6 Å². The molecule has 4 aromatic carbocycles. The Balaban J connectivity index is 0.00000312. The molecule has 0 aliphatic heterocycles. The van der Waals surface area contributed by atoms with Crippen LogP contribution in [-0.2, 0) is 26.5 Å². The zero-order valence-electron chi connectivity index (χ0n) is 23.4. The number of nitriles is 1. The molecule has 4 aromatic heterocycles. The van der Waals surface area contributed by atoms with Gasteiger partial charge in [-0.1, -0.05) is 45.8 Å². The van der Waals surface area contributed by atoms with Gasteiger partial charge < -0.3 is 0 Å². The smallest absolute Gasteiger partial charge is 0.277 e. The van der Waals surface area contributed by atoms with Crippen molar-refractivity contribution in [3.63, 3.8) is 0 Å². The minimum atomic E-state index is -0.834. The summed E-state index contributed by atoms with van der Waals surface area (Å²) in [4.78, 5) is 3.82. The van der Waals surface area contributed by atoms with Crippen LogP contribution in [0.15, 0.2) is 85.2 Å². The van der Waals surface area contributed by atoms with Gasteiger partial charge >= 0.3 is 21.1 Å². The number of nitrogens with zero attached hydrogens (tertiary/aromatic N) is 6. The zero-order chi connectivity index (χ0) is 29.3. The average Bonchev–Trinajstić information content (AvgIpc) is 3.82. The molecular weight excluding hydrogens is 764 g/mol. The van der Waals surface area contributed by atoms with Crippen molar-refractivity contribution in [1.29, 1.82) is 5.26 Å². The number of hydrogen-bond acceptors (Lipinski definition) is 5. The van der Waals surface area contributed by atoms with E-state index < -0.39 is 5.41 Å². The van der Waals surface area contributed by atoms with Gasteiger partial charge in [-0.2, -0.15) is 39.7 Å². The summed E-state index contributed by atoms with van der Waals surface area (Å²) >= 11 is 3.47. The SMILES string of the molecule is [C-]#[N+]c1cn(-c2[c-]cc3sc4ccccc4c3c2)nc1C(C)(C)c1nn(-c2[c-]cc3sc4ccccc4c3c2)cc1C#N.[Pt+2]. The van der Waals surface area contributed by atoms with Crippen molar-refractivity contribution in [3.05, 3.63) is 126 Å². The first-order valence-corrected chi connectivity index (χ1v) is 15.2. The summed E-state index contributed by atoms with van der Waals surface area (Å²) in [5.74, 6) is 0. The molecule has 0 bridgehead atoms. The predicted octanol–water partition coefficient (Wildman–Crippen LogP) is 9.14. The summed E-state index contributed by atoms with van der Waals surface area (Å²) in [5.41, 5.74) is 2.60. The molecule has 9 heteroatoms. The van der Waals surface area contributed by atoms with Crippen molar-refractivity contribution in [3.8, 4) is 17.4 Å². The Bertz CT molecular complexity index is 2310. The number of fused-ring (bicyclic) bond motifs is 6. The molecule has 0 unspecified atom stereocenters. The van der Waals surface area contributed by atoms with Crippen molar-refractivity contribution < 1.29 is 21.1 Å². The summed E-state index contributed by atoms with van der Waals surface area (Å²) < 4.78 is 8.15. The summed E-state index contributed by atoms with van der Waals surface area (Å²) in [5, 5.41) is 24.6. The van der Waals surface area contributed by atoms with E-state index in [-0.39, 0.29) is 21.1 Å². The molecule has 8 rings (SSSR count). The molecule has 8 aromatic rings. The predicted molar refractivity (Wildman–Crippen MR) is 174 cm³/mol. The minimum Gasteiger partial charge on any atom is -0.277 e. The van der Waals surface area contributed by atoms with Crippen LogP contribution >= 0.6 is 22.7 Å². The second-order valence-electron chi connectivity index (χ2n) is 10.9. The standard InChI is InChI=1S/C35H20N6S2.Pt/c1-35(2,33-21(18-36)19-40(38-33)22-12-14-31-26(16-22)24-8-4-6-10-29(24)42-31)34-28(37-3)20-41(39-34)23-13-15-32-27(17-23)25-9-5-7-11-30(25)43-32;/h4-11,14-17,19-20H,1-2H3;/q-2;+2. The molecule has 212 valence electrons. The Kier molecular flexibility index (Phi) is 6.75. The van der Waals surface area contributed by atoms with Gasteiger partial charge in [0.2, 0.25) is 5.69 Å². The van der Waals surface area contributed by atoms with E-state index in [0.717, 1.165) is 31.5 Å². The number of aromatic nitrogens is 4. The van der Waals surface area contributed by atoms with Crippen molar-refractivity contribution in [2.45, 2.75) is 19.3 Å². The van der Waals surface area contributed by atoms with Crippen LogP contribution in [0.4, 0.5) is 5.69 Å². The van der Waals surface area contributed by atoms with Crippen LogP contribution in [0.2, 0.25) is 0 Å². The Labute approximate surface area is 275 Å². The average molecular weight is 784 g/mol. The van der Waals surface area contributed by atoms with Gasteiger partial charge in [-0.05, 0) is 48.1 Å². The van der Waals surface area contributed by atoms with E-state index in [1.54, 1.807) is 44.4 Å². The summed E-state index contributed by atoms with van der Waals surface area (Å²) in [6.45, 7) is 11.9. The molecule has 0 saturated heterocycles. The number of rotatable bonds is 4. The van der Waals surface area contributed by atoms with Crippen LogP contribution in [0.1, 0.15) is 30.8 Å². The fraction of sp³-hybridized carbons (Fsp3) is 0.0857. The van der Waals surface area contributed by atoms with Crippen LogP contribution < -0.4 is 0 Å². The molecule has 0 spiro atoms. The van der Waals surface area contributed by atoms with E-state index in [1.165, 1.54) is 20.2 Å². The van der Waals surface area contributed by atoms with Crippen LogP contribution in [0.25, 0.3) is 56.6 Å². The van der Waals surface area contributed by atoms with Gasteiger partial charge in [0.05, 0.1) is 23.5 Å². The zero-order valence-corrected chi connectivity index (χ0v) is 27.3. The Morgan fingerprint density at radius 2 is 1.30 bits per heavy atom. The third-order valence-electron chi connectivity index (χ3n) is 7.92. The van der Waals surface area contributed by atoms with Gasteiger partial charge in [-0.15, -0.1) is 22.9 Å². The quantitative estimate of drug-likeness (QED) is 0.167. The van der Waals surface area contributed by atoms with E-state index in [4.69, 9.17) is 16.8 Å². The van der Waals surface area contributed by atoms with Gasteiger partial charge in [-0.25, -0.2) is 27.5 Å². The van der Waals surface area contributed by atoms with E-state index >= 15 is 0 Å². The molecule has 0 fully saturated rings. The second-order valence-corrected chi connectivity index (χ2v) is 13.0. The van der Waals surface area contributed by atoms with Crippen LogP contribution in [0.3, 0.4) is 0 Å². The first-order valence-electron chi connectivity index (χ1n) is 13.6. The summed E-state index contributed by atoms with van der Waals surface area (Å²) in [7, 11) is 0. The first-order chi connectivity index (χ1) is 20.9. The van der Waals surface area contributed by atoms with Crippen molar-refractivity contribution in [2.24, 2.45) is 0 Å². The topological polar surface area (TPSA) is 63.8 Å². The maximum atomic E-state index is 10.1. The molecule has 0 amide bonds. The Morgan fingerprint density at radius 3 is 1.84 bits per heavy atom. The van der Waals surface area contributed by atoms with Crippen molar-refractivity contribution >= 4 is 68.7 Å². The van der Waals surface area contributed by atoms with Crippen LogP contribution in [-0.4, -0.2) is 19.6 Å². The third-order valence-corrected chi connectivity index (χ3v) is 10.2. The number of thiophene rings is 2. The summed E-state index contributed by atoms with van der Waals surface area (Å²) in [6.07, 6.45) is 3.48. The van der Waals surface area contributed by atoms with E-state index in [9.17, 15) is 5.26 Å². The molecule has 0 aliphatic rings. The first kappa shape index (κ1) is 28.2. The van der Waals surface area contributed by atoms with Crippen LogP contribution in [0, 0.1) is 30.0 Å². The van der Waals surface area contributed by atoms with E-state index in [1.807, 2.05) is 50.2 Å². The minimum absolute atomic E-state index is 0. The molecule has 0 atom stereocenters. The van der Waals surface area contributed by atoms with E-state index in [0.29, 0.717) is 22.6 Å². The largest absolute Gasteiger partial charge is 2.00 e. The van der Waals surface area contributed by atoms with E-state index in [2.05, 4.69) is 59.4 Å². The van der Waals surface area contributed by atoms with Gasteiger partial charge in [0.1, 0.15) is 6.07 Å².